The van der Waals surface area contributed by atoms with Gasteiger partial charge in [0.1, 0.15) is 5.01 Å². The van der Waals surface area contributed by atoms with Crippen LogP contribution in [0.1, 0.15) is 48.7 Å². The van der Waals surface area contributed by atoms with Gasteiger partial charge in [0.2, 0.25) is 0 Å². The average Bonchev–Trinajstić information content (AvgIpc) is 2.62. The summed E-state index contributed by atoms with van der Waals surface area (Å²) < 4.78 is 5.13. The van der Waals surface area contributed by atoms with E-state index in [0.717, 1.165) is 18.1 Å². The molecular formula is C12H22N2OS. The smallest absolute Gasteiger partial charge is 0.119 e. The normalized spacial score (nSPS) is 11.3. The Labute approximate surface area is 102 Å². The van der Waals surface area contributed by atoms with Crippen molar-refractivity contribution in [3.05, 3.63) is 15.6 Å². The second-order valence-corrected chi connectivity index (χ2v) is 5.35. The maximum Gasteiger partial charge on any atom is 0.119 e. The number of nitrogens with one attached hydrogen (secondary N) is 1. The van der Waals surface area contributed by atoms with Crippen LogP contribution in [0.4, 0.5) is 0 Å². The highest BCUT2D eigenvalue weighted by atomic mass is 32.1. The van der Waals surface area contributed by atoms with Crippen molar-refractivity contribution in [2.24, 2.45) is 0 Å². The summed E-state index contributed by atoms with van der Waals surface area (Å²) in [7, 11) is 1.71. The summed E-state index contributed by atoms with van der Waals surface area (Å²) in [4.78, 5) is 5.99. The van der Waals surface area contributed by atoms with Gasteiger partial charge in [-0.3, -0.25) is 0 Å². The van der Waals surface area contributed by atoms with Gasteiger partial charge in [-0.25, -0.2) is 4.98 Å². The fourth-order valence-electron chi connectivity index (χ4n) is 1.56. The van der Waals surface area contributed by atoms with Gasteiger partial charge < -0.3 is 10.1 Å². The van der Waals surface area contributed by atoms with Crippen molar-refractivity contribution in [1.29, 1.82) is 0 Å². The molecule has 3 nitrogen and oxygen atoms in total. The lowest BCUT2D eigenvalue weighted by Crippen LogP contribution is -2.14. The van der Waals surface area contributed by atoms with Crippen LogP contribution in [0.5, 0.6) is 0 Å². The number of nitrogens with zero attached hydrogens (tertiary/aromatic N) is 1. The first kappa shape index (κ1) is 13.6. The minimum absolute atomic E-state index is 0.486. The Kier molecular flexibility index (Phi) is 5.95. The molecule has 0 saturated heterocycles. The summed E-state index contributed by atoms with van der Waals surface area (Å²) in [6.45, 7) is 9.18. The molecule has 0 bridgehead atoms. The van der Waals surface area contributed by atoms with Gasteiger partial charge in [-0.1, -0.05) is 20.8 Å². The van der Waals surface area contributed by atoms with E-state index in [4.69, 9.17) is 4.74 Å². The standard InChI is InChI=1S/C12H22N2OS/c1-5-6-13-7-10-12(9(2)3)14-11(16-10)8-15-4/h9,13H,5-8H2,1-4H3. The number of hydrogen-bond acceptors (Lipinski definition) is 4. The summed E-state index contributed by atoms with van der Waals surface area (Å²) in [5, 5.41) is 4.51. The Morgan fingerprint density at radius 3 is 2.75 bits per heavy atom. The second kappa shape index (κ2) is 6.99. The molecule has 1 aromatic rings. The molecular weight excluding hydrogens is 220 g/mol. The molecule has 0 aliphatic heterocycles. The van der Waals surface area contributed by atoms with Gasteiger partial charge in [0.15, 0.2) is 0 Å². The van der Waals surface area contributed by atoms with Crippen LogP contribution in [0.2, 0.25) is 0 Å². The molecule has 4 heteroatoms. The van der Waals surface area contributed by atoms with Crippen molar-refractivity contribution in [2.45, 2.75) is 46.3 Å². The number of hydrogen-bond donors (Lipinski definition) is 1. The number of rotatable bonds is 7. The zero-order chi connectivity index (χ0) is 12.0. The summed E-state index contributed by atoms with van der Waals surface area (Å²) >= 11 is 1.76. The molecule has 1 heterocycles. The fourth-order valence-corrected chi connectivity index (χ4v) is 2.72. The first-order chi connectivity index (χ1) is 7.69. The molecule has 0 spiro atoms. The molecule has 0 radical (unpaired) electrons. The molecule has 0 fully saturated rings. The van der Waals surface area contributed by atoms with E-state index in [1.807, 2.05) is 0 Å². The fraction of sp³-hybridized carbons (Fsp3) is 0.750. The second-order valence-electron chi connectivity index (χ2n) is 4.18. The summed E-state index contributed by atoms with van der Waals surface area (Å²) in [5.74, 6) is 0.486. The predicted molar refractivity (Wildman–Crippen MR) is 68.9 cm³/mol. The average molecular weight is 242 g/mol. The molecule has 0 amide bonds. The van der Waals surface area contributed by atoms with E-state index in [1.54, 1.807) is 18.4 Å². The summed E-state index contributed by atoms with van der Waals surface area (Å²) in [6.07, 6.45) is 1.17. The third-order valence-corrected chi connectivity index (χ3v) is 3.34. The van der Waals surface area contributed by atoms with Crippen molar-refractivity contribution < 1.29 is 4.74 Å². The van der Waals surface area contributed by atoms with Gasteiger partial charge in [0, 0.05) is 18.5 Å². The Balaban J connectivity index is 2.70. The number of aromatic nitrogens is 1. The van der Waals surface area contributed by atoms with Crippen molar-refractivity contribution in [3.8, 4) is 0 Å². The predicted octanol–water partition coefficient (Wildman–Crippen LogP) is 2.91. The molecule has 1 N–H and O–H groups in total. The van der Waals surface area contributed by atoms with Crippen LogP contribution < -0.4 is 5.32 Å². The Bertz CT molecular complexity index is 310. The summed E-state index contributed by atoms with van der Waals surface area (Å²) in [6, 6.07) is 0. The van der Waals surface area contributed by atoms with Gasteiger partial charge in [-0.2, -0.15) is 0 Å². The van der Waals surface area contributed by atoms with E-state index in [2.05, 4.69) is 31.1 Å². The third-order valence-electron chi connectivity index (χ3n) is 2.30. The van der Waals surface area contributed by atoms with Crippen LogP contribution in [-0.2, 0) is 17.9 Å². The lowest BCUT2D eigenvalue weighted by Gasteiger charge is -2.05. The molecule has 0 saturated carbocycles. The minimum atomic E-state index is 0.486. The Morgan fingerprint density at radius 2 is 2.19 bits per heavy atom. The molecule has 0 aliphatic rings. The van der Waals surface area contributed by atoms with Crippen LogP contribution in [0, 0.1) is 0 Å². The minimum Gasteiger partial charge on any atom is -0.378 e. The van der Waals surface area contributed by atoms with Crippen molar-refractivity contribution in [3.63, 3.8) is 0 Å². The van der Waals surface area contributed by atoms with Crippen LogP contribution >= 0.6 is 11.3 Å². The zero-order valence-electron chi connectivity index (χ0n) is 10.7. The highest BCUT2D eigenvalue weighted by molar-refractivity contribution is 7.11. The van der Waals surface area contributed by atoms with Gasteiger partial charge in [-0.05, 0) is 18.9 Å². The van der Waals surface area contributed by atoms with Gasteiger partial charge in [-0.15, -0.1) is 11.3 Å². The SMILES string of the molecule is CCCNCc1sc(COC)nc1C(C)C. The molecule has 92 valence electrons. The van der Waals surface area contributed by atoms with Gasteiger partial charge in [0.25, 0.3) is 0 Å². The van der Waals surface area contributed by atoms with E-state index in [9.17, 15) is 0 Å². The maximum absolute atomic E-state index is 5.13. The molecule has 0 aromatic carbocycles. The van der Waals surface area contributed by atoms with Crippen LogP contribution in [-0.4, -0.2) is 18.6 Å². The summed E-state index contributed by atoms with van der Waals surface area (Å²) in [5.41, 5.74) is 1.22. The van der Waals surface area contributed by atoms with Crippen LogP contribution in [0.25, 0.3) is 0 Å². The monoisotopic (exact) mass is 242 g/mol. The highest BCUT2D eigenvalue weighted by Crippen LogP contribution is 2.25. The van der Waals surface area contributed by atoms with E-state index < -0.39 is 0 Å². The highest BCUT2D eigenvalue weighted by Gasteiger charge is 2.13. The van der Waals surface area contributed by atoms with Crippen LogP contribution in [0.15, 0.2) is 0 Å². The molecule has 0 aliphatic carbocycles. The van der Waals surface area contributed by atoms with E-state index in [1.165, 1.54) is 17.0 Å². The van der Waals surface area contributed by atoms with Crippen molar-refractivity contribution >= 4 is 11.3 Å². The number of methoxy groups -OCH3 is 1. The lowest BCUT2D eigenvalue weighted by molar-refractivity contribution is 0.184. The Hall–Kier alpha value is -0.450. The van der Waals surface area contributed by atoms with E-state index >= 15 is 0 Å². The molecule has 1 rings (SSSR count). The first-order valence-electron chi connectivity index (χ1n) is 5.87. The quantitative estimate of drug-likeness (QED) is 0.747. The maximum atomic E-state index is 5.13. The van der Waals surface area contributed by atoms with Crippen molar-refractivity contribution in [2.75, 3.05) is 13.7 Å². The topological polar surface area (TPSA) is 34.1 Å². The molecule has 16 heavy (non-hydrogen) atoms. The third kappa shape index (κ3) is 3.85. The molecule has 0 unspecified atom stereocenters. The number of ether oxygens (including phenoxy) is 1. The molecule has 0 atom stereocenters. The Morgan fingerprint density at radius 1 is 1.44 bits per heavy atom. The van der Waals surface area contributed by atoms with E-state index in [-0.39, 0.29) is 0 Å². The number of thiazole rings is 1. The first-order valence-corrected chi connectivity index (χ1v) is 6.68. The lowest BCUT2D eigenvalue weighted by atomic mass is 10.1. The largest absolute Gasteiger partial charge is 0.378 e. The zero-order valence-corrected chi connectivity index (χ0v) is 11.5. The molecule has 1 aromatic heterocycles. The van der Waals surface area contributed by atoms with Gasteiger partial charge >= 0.3 is 0 Å². The van der Waals surface area contributed by atoms with E-state index in [0.29, 0.717) is 12.5 Å². The van der Waals surface area contributed by atoms with Crippen LogP contribution in [0.3, 0.4) is 0 Å². The van der Waals surface area contributed by atoms with Crippen molar-refractivity contribution in [1.82, 2.24) is 10.3 Å². The van der Waals surface area contributed by atoms with Gasteiger partial charge in [0.05, 0.1) is 12.3 Å².